The molecule has 0 aliphatic heterocycles. The van der Waals surface area contributed by atoms with Crippen LogP contribution in [0.3, 0.4) is 0 Å². The minimum atomic E-state index is -0.153. The highest BCUT2D eigenvalue weighted by Crippen LogP contribution is 2.35. The highest BCUT2D eigenvalue weighted by Gasteiger charge is 2.24. The zero-order chi connectivity index (χ0) is 15.4. The Morgan fingerprint density at radius 2 is 1.77 bits per heavy atom. The Balaban J connectivity index is 1.83. The van der Waals surface area contributed by atoms with Gasteiger partial charge in [-0.15, -0.1) is 0 Å². The van der Waals surface area contributed by atoms with Gasteiger partial charge in [0.1, 0.15) is 0 Å². The van der Waals surface area contributed by atoms with Crippen LogP contribution in [0.1, 0.15) is 36.9 Å². The number of allylic oxidation sites excluding steroid dienone is 1. The number of pyridine rings is 1. The van der Waals surface area contributed by atoms with Crippen molar-refractivity contribution in [2.45, 2.75) is 25.8 Å². The van der Waals surface area contributed by atoms with E-state index in [4.69, 9.17) is 0 Å². The van der Waals surface area contributed by atoms with Crippen molar-refractivity contribution in [1.82, 2.24) is 10.3 Å². The summed E-state index contributed by atoms with van der Waals surface area (Å²) >= 11 is 0. The summed E-state index contributed by atoms with van der Waals surface area (Å²) in [6.45, 7) is 2.04. The lowest BCUT2D eigenvalue weighted by molar-refractivity contribution is -0.117. The summed E-state index contributed by atoms with van der Waals surface area (Å²) in [5.74, 6) is 0.580. The number of amides is 1. The average Bonchev–Trinajstić information content (AvgIpc) is 3.39. The van der Waals surface area contributed by atoms with E-state index in [1.165, 1.54) is 18.4 Å². The number of aromatic nitrogens is 1. The van der Waals surface area contributed by atoms with E-state index in [0.29, 0.717) is 5.92 Å². The number of rotatable bonds is 5. The molecule has 1 aromatic carbocycles. The molecule has 22 heavy (non-hydrogen) atoms. The Morgan fingerprint density at radius 1 is 1.14 bits per heavy atom. The summed E-state index contributed by atoms with van der Waals surface area (Å²) in [5, 5.41) is 3.12. The quantitative estimate of drug-likeness (QED) is 0.855. The lowest BCUT2D eigenvalue weighted by atomic mass is 9.99. The topological polar surface area (TPSA) is 42.0 Å². The number of carbonyl (C=O) groups is 1. The predicted octanol–water partition coefficient (Wildman–Crippen LogP) is 3.64. The second kappa shape index (κ2) is 6.56. The van der Waals surface area contributed by atoms with Crippen molar-refractivity contribution in [3.05, 3.63) is 77.6 Å². The molecule has 1 saturated carbocycles. The van der Waals surface area contributed by atoms with Crippen molar-refractivity contribution in [1.29, 1.82) is 0 Å². The van der Waals surface area contributed by atoms with E-state index in [2.05, 4.69) is 10.3 Å². The van der Waals surface area contributed by atoms with Gasteiger partial charge < -0.3 is 5.32 Å². The maximum atomic E-state index is 12.3. The van der Waals surface area contributed by atoms with E-state index >= 15 is 0 Å². The Bertz CT molecular complexity index is 621. The maximum absolute atomic E-state index is 12.3. The van der Waals surface area contributed by atoms with E-state index in [0.717, 1.165) is 11.1 Å². The average molecular weight is 292 g/mol. The highest BCUT2D eigenvalue weighted by atomic mass is 16.1. The second-order valence-electron chi connectivity index (χ2n) is 5.80. The molecule has 3 rings (SSSR count). The molecule has 3 heteroatoms. The fourth-order valence-electron chi connectivity index (χ4n) is 2.61. The Kier molecular flexibility index (Phi) is 4.33. The predicted molar refractivity (Wildman–Crippen MR) is 87.1 cm³/mol. The number of nitrogens with one attached hydrogen (secondary N) is 1. The van der Waals surface area contributed by atoms with E-state index in [1.54, 1.807) is 18.5 Å². The molecular weight excluding hydrogens is 272 g/mol. The first-order valence-corrected chi connectivity index (χ1v) is 7.67. The van der Waals surface area contributed by atoms with Crippen molar-refractivity contribution >= 4 is 5.91 Å². The molecule has 0 radical (unpaired) electrons. The maximum Gasteiger partial charge on any atom is 0.244 e. The van der Waals surface area contributed by atoms with Gasteiger partial charge in [0.05, 0.1) is 6.04 Å². The molecule has 1 aliphatic carbocycles. The van der Waals surface area contributed by atoms with E-state index in [-0.39, 0.29) is 11.9 Å². The largest absolute Gasteiger partial charge is 0.342 e. The van der Waals surface area contributed by atoms with Crippen molar-refractivity contribution < 1.29 is 4.79 Å². The summed E-state index contributed by atoms with van der Waals surface area (Å²) < 4.78 is 0. The summed E-state index contributed by atoms with van der Waals surface area (Å²) in [7, 11) is 0. The standard InChI is InChI=1S/C19H20N2O/c1-14(15-7-8-15)13-18(22)21-19(16-5-3-2-4-6-16)17-9-11-20-12-10-17/h2-6,9-13,15,19H,7-8H2,1H3,(H,21,22)/b14-13+. The first-order valence-electron chi connectivity index (χ1n) is 7.67. The number of hydrogen-bond acceptors (Lipinski definition) is 2. The third-order valence-electron chi connectivity index (χ3n) is 4.04. The zero-order valence-electron chi connectivity index (χ0n) is 12.7. The van der Waals surface area contributed by atoms with Gasteiger partial charge in [0.25, 0.3) is 0 Å². The van der Waals surface area contributed by atoms with Gasteiger partial charge in [-0.05, 0) is 48.9 Å². The van der Waals surface area contributed by atoms with E-state index in [9.17, 15) is 4.79 Å². The van der Waals surface area contributed by atoms with E-state index in [1.807, 2.05) is 49.4 Å². The third kappa shape index (κ3) is 3.61. The summed E-state index contributed by atoms with van der Waals surface area (Å²) in [5.41, 5.74) is 3.28. The molecule has 1 N–H and O–H groups in total. The number of hydrogen-bond donors (Lipinski definition) is 1. The van der Waals surface area contributed by atoms with Gasteiger partial charge in [-0.25, -0.2) is 0 Å². The molecule has 1 atom stereocenters. The first-order chi connectivity index (χ1) is 10.7. The molecule has 112 valence electrons. The van der Waals surface area contributed by atoms with Crippen LogP contribution in [0.2, 0.25) is 0 Å². The SMILES string of the molecule is C/C(=C\C(=O)NC(c1ccccc1)c1ccncc1)C1CC1. The van der Waals surface area contributed by atoms with Crippen LogP contribution in [-0.2, 0) is 4.79 Å². The molecule has 1 amide bonds. The van der Waals surface area contributed by atoms with Crippen LogP contribution in [0.15, 0.2) is 66.5 Å². The molecule has 1 unspecified atom stereocenters. The van der Waals surface area contributed by atoms with Crippen molar-refractivity contribution in [3.8, 4) is 0 Å². The lowest BCUT2D eigenvalue weighted by Gasteiger charge is -2.19. The minimum Gasteiger partial charge on any atom is -0.342 e. The van der Waals surface area contributed by atoms with Gasteiger partial charge >= 0.3 is 0 Å². The molecule has 2 aromatic rings. The number of nitrogens with zero attached hydrogens (tertiary/aromatic N) is 1. The summed E-state index contributed by atoms with van der Waals surface area (Å²) in [6, 6.07) is 13.7. The van der Waals surface area contributed by atoms with Gasteiger partial charge in [-0.2, -0.15) is 0 Å². The smallest absolute Gasteiger partial charge is 0.244 e. The highest BCUT2D eigenvalue weighted by molar-refractivity contribution is 5.89. The van der Waals surface area contributed by atoms with Crippen LogP contribution in [-0.4, -0.2) is 10.9 Å². The van der Waals surface area contributed by atoms with Crippen LogP contribution in [0.5, 0.6) is 0 Å². The van der Waals surface area contributed by atoms with E-state index < -0.39 is 0 Å². The van der Waals surface area contributed by atoms with Gasteiger partial charge in [0.2, 0.25) is 5.91 Å². The molecule has 0 spiro atoms. The van der Waals surface area contributed by atoms with Crippen LogP contribution < -0.4 is 5.32 Å². The van der Waals surface area contributed by atoms with Crippen molar-refractivity contribution in [3.63, 3.8) is 0 Å². The van der Waals surface area contributed by atoms with Crippen LogP contribution in [0.25, 0.3) is 0 Å². The molecule has 0 bridgehead atoms. The summed E-state index contributed by atoms with van der Waals surface area (Å²) in [6.07, 6.45) is 7.67. The molecule has 3 nitrogen and oxygen atoms in total. The van der Waals surface area contributed by atoms with Gasteiger partial charge in [0.15, 0.2) is 0 Å². The Hall–Kier alpha value is -2.42. The Labute approximate surface area is 131 Å². The number of carbonyl (C=O) groups excluding carboxylic acids is 1. The molecule has 0 saturated heterocycles. The monoisotopic (exact) mass is 292 g/mol. The lowest BCUT2D eigenvalue weighted by Crippen LogP contribution is -2.28. The van der Waals surface area contributed by atoms with Gasteiger partial charge in [-0.3, -0.25) is 9.78 Å². The molecule has 1 fully saturated rings. The second-order valence-corrected chi connectivity index (χ2v) is 5.80. The summed E-state index contributed by atoms with van der Waals surface area (Å²) in [4.78, 5) is 16.4. The zero-order valence-corrected chi connectivity index (χ0v) is 12.7. The van der Waals surface area contributed by atoms with Crippen molar-refractivity contribution in [2.75, 3.05) is 0 Å². The normalized spacial score (nSPS) is 16.1. The molecule has 1 aromatic heterocycles. The minimum absolute atomic E-state index is 0.0323. The Morgan fingerprint density at radius 3 is 2.41 bits per heavy atom. The van der Waals surface area contributed by atoms with Crippen molar-refractivity contribution in [2.24, 2.45) is 5.92 Å². The molecule has 1 heterocycles. The fraction of sp³-hybridized carbons (Fsp3) is 0.263. The van der Waals surface area contributed by atoms with Gasteiger partial charge in [-0.1, -0.05) is 35.9 Å². The molecular formula is C19H20N2O. The van der Waals surface area contributed by atoms with Crippen LogP contribution in [0, 0.1) is 5.92 Å². The third-order valence-corrected chi connectivity index (χ3v) is 4.04. The first kappa shape index (κ1) is 14.5. The molecule has 1 aliphatic rings. The van der Waals surface area contributed by atoms with Crippen LogP contribution >= 0.6 is 0 Å². The van der Waals surface area contributed by atoms with Crippen LogP contribution in [0.4, 0.5) is 0 Å². The van der Waals surface area contributed by atoms with Gasteiger partial charge in [0, 0.05) is 18.5 Å². The fourth-order valence-corrected chi connectivity index (χ4v) is 2.61. The number of benzene rings is 1.